The highest BCUT2D eigenvalue weighted by Gasteiger charge is 2.41. The fraction of sp³-hybridized carbons (Fsp3) is 0.105. The predicted octanol–water partition coefficient (Wildman–Crippen LogP) is 2.33. The van der Waals surface area contributed by atoms with Crippen LogP contribution in [0.1, 0.15) is 22.0 Å². The Morgan fingerprint density at radius 3 is 2.55 bits per heavy atom. The van der Waals surface area contributed by atoms with Crippen molar-refractivity contribution in [1.29, 1.82) is 5.41 Å². The summed E-state index contributed by atoms with van der Waals surface area (Å²) in [7, 11) is 1.01. The van der Waals surface area contributed by atoms with Gasteiger partial charge in [0.1, 0.15) is 11.6 Å². The lowest BCUT2D eigenvalue weighted by atomic mass is 9.88. The molecule has 0 fully saturated rings. The minimum absolute atomic E-state index is 0.170. The van der Waals surface area contributed by atoms with Gasteiger partial charge in [-0.15, -0.1) is 10.2 Å². The molecule has 1 aliphatic rings. The van der Waals surface area contributed by atoms with Gasteiger partial charge >= 0.3 is 5.97 Å². The molecule has 0 saturated heterocycles. The van der Waals surface area contributed by atoms with Gasteiger partial charge in [-0.25, -0.2) is 14.3 Å². The van der Waals surface area contributed by atoms with Crippen LogP contribution in [0.15, 0.2) is 52.7 Å². The number of benzene rings is 2. The first-order valence-corrected chi connectivity index (χ1v) is 8.40. The summed E-state index contributed by atoms with van der Waals surface area (Å²) in [5.74, 6) is -6.23. The average molecular weight is 391 g/mol. The topological polar surface area (TPSA) is 147 Å². The van der Waals surface area contributed by atoms with Crippen molar-refractivity contribution in [2.45, 2.75) is 5.92 Å². The lowest BCUT2D eigenvalue weighted by Crippen LogP contribution is -2.30. The van der Waals surface area contributed by atoms with E-state index in [0.29, 0.717) is 5.39 Å². The van der Waals surface area contributed by atoms with E-state index < -0.39 is 41.0 Å². The molecule has 10 heteroatoms. The van der Waals surface area contributed by atoms with Gasteiger partial charge in [-0.1, -0.05) is 42.5 Å². The van der Waals surface area contributed by atoms with Crippen LogP contribution in [0, 0.1) is 5.41 Å². The summed E-state index contributed by atoms with van der Waals surface area (Å²) in [5, 5.41) is 26.5. The standard InChI is InChI=1S/C19H13N5O5/c1-29-17(28)15(26)12(13-16(27)24-18(20)22-23-19(24)21-13)14(25)11-8-4-6-9-5-2-3-7-10(9)11/h2-8,12,20,27H,1H3/t12-/m1/s1. The van der Waals surface area contributed by atoms with Crippen LogP contribution in [0.25, 0.3) is 10.8 Å². The van der Waals surface area contributed by atoms with Gasteiger partial charge in [0, 0.05) is 5.56 Å². The number of aromatic hydroxyl groups is 1. The number of esters is 1. The number of hydrogen-bond donors (Lipinski definition) is 2. The summed E-state index contributed by atoms with van der Waals surface area (Å²) >= 11 is 0. The lowest BCUT2D eigenvalue weighted by molar-refractivity contribution is -0.151. The highest BCUT2D eigenvalue weighted by Crippen LogP contribution is 2.36. The molecule has 0 amide bonds. The third kappa shape index (κ3) is 2.78. The Hall–Kier alpha value is -4.21. The molecule has 0 unspecified atom stereocenters. The Morgan fingerprint density at radius 1 is 1.10 bits per heavy atom. The number of aromatic nitrogens is 2. The molecule has 1 aliphatic heterocycles. The Balaban J connectivity index is 1.90. The van der Waals surface area contributed by atoms with Gasteiger partial charge in [0.15, 0.2) is 5.78 Å². The fourth-order valence-corrected chi connectivity index (χ4v) is 3.19. The maximum atomic E-state index is 13.4. The van der Waals surface area contributed by atoms with Crippen LogP contribution < -0.4 is 0 Å². The number of Topliss-reactive ketones (excluding diaryl/α,β-unsaturated/α-hetero) is 2. The van der Waals surface area contributed by atoms with E-state index in [1.54, 1.807) is 36.4 Å². The van der Waals surface area contributed by atoms with Crippen LogP contribution in [-0.4, -0.2) is 45.3 Å². The summed E-state index contributed by atoms with van der Waals surface area (Å²) in [5.41, 5.74) is -0.216. The Kier molecular flexibility index (Phi) is 4.23. The number of hydrogen-bond acceptors (Lipinski definition) is 8. The van der Waals surface area contributed by atoms with Crippen LogP contribution >= 0.6 is 0 Å². The number of nitrogens with zero attached hydrogens (tertiary/aromatic N) is 4. The first kappa shape index (κ1) is 18.2. The van der Waals surface area contributed by atoms with Crippen molar-refractivity contribution in [2.75, 3.05) is 7.11 Å². The molecule has 0 radical (unpaired) electrons. The lowest BCUT2D eigenvalue weighted by Gasteiger charge is -2.14. The molecule has 1 aromatic heterocycles. The van der Waals surface area contributed by atoms with E-state index in [-0.39, 0.29) is 11.5 Å². The number of carbonyl (C=O) groups is 3. The number of fused-ring (bicyclic) bond motifs is 2. The number of ketones is 2. The van der Waals surface area contributed by atoms with Crippen molar-refractivity contribution in [2.24, 2.45) is 10.2 Å². The van der Waals surface area contributed by atoms with E-state index in [9.17, 15) is 19.5 Å². The van der Waals surface area contributed by atoms with Crippen molar-refractivity contribution in [3.05, 3.63) is 53.7 Å². The van der Waals surface area contributed by atoms with E-state index in [1.165, 1.54) is 6.07 Å². The summed E-state index contributed by atoms with van der Waals surface area (Å²) in [6.07, 6.45) is 0. The second kappa shape index (κ2) is 6.75. The first-order valence-electron chi connectivity index (χ1n) is 8.40. The van der Waals surface area contributed by atoms with Crippen LogP contribution in [0.3, 0.4) is 0 Å². The summed E-state index contributed by atoms with van der Waals surface area (Å²) in [6, 6.07) is 12.0. The minimum atomic E-state index is -1.77. The zero-order valence-electron chi connectivity index (χ0n) is 15.0. The van der Waals surface area contributed by atoms with E-state index in [1.807, 2.05) is 0 Å². The molecule has 0 aliphatic carbocycles. The number of nitrogens with one attached hydrogen (secondary N) is 1. The molecule has 29 heavy (non-hydrogen) atoms. The molecular formula is C19H13N5O5. The van der Waals surface area contributed by atoms with Crippen molar-refractivity contribution >= 4 is 40.2 Å². The molecule has 0 bridgehead atoms. The van der Waals surface area contributed by atoms with Gasteiger partial charge in [0.25, 0.3) is 17.7 Å². The maximum absolute atomic E-state index is 13.4. The number of ether oxygens (including phenoxy) is 1. The molecule has 1 atom stereocenters. The van der Waals surface area contributed by atoms with Gasteiger partial charge in [-0.05, 0) is 10.8 Å². The van der Waals surface area contributed by atoms with E-state index in [4.69, 9.17) is 5.41 Å². The summed E-state index contributed by atoms with van der Waals surface area (Å²) in [6.45, 7) is 0. The molecule has 4 rings (SSSR count). The summed E-state index contributed by atoms with van der Waals surface area (Å²) in [4.78, 5) is 42.0. The third-order valence-corrected chi connectivity index (χ3v) is 4.55. The minimum Gasteiger partial charge on any atom is -0.493 e. The quantitative estimate of drug-likeness (QED) is 0.295. The van der Waals surface area contributed by atoms with Gasteiger partial charge in [0.05, 0.1) is 7.11 Å². The Labute approximate surface area is 163 Å². The van der Waals surface area contributed by atoms with Gasteiger partial charge in [-0.3, -0.25) is 15.0 Å². The van der Waals surface area contributed by atoms with E-state index in [2.05, 4.69) is 19.9 Å². The third-order valence-electron chi connectivity index (χ3n) is 4.55. The smallest absolute Gasteiger partial charge is 0.375 e. The first-order chi connectivity index (χ1) is 13.9. The predicted molar refractivity (Wildman–Crippen MR) is 99.6 cm³/mol. The van der Waals surface area contributed by atoms with Crippen molar-refractivity contribution in [1.82, 2.24) is 9.55 Å². The second-order valence-corrected chi connectivity index (χ2v) is 6.16. The number of imidazole rings is 1. The SMILES string of the molecule is COC(=O)C(=O)[C@@H](C(=O)c1cccc2ccccc12)c1nc2n(c1O)C(=N)N=N2. The van der Waals surface area contributed by atoms with E-state index in [0.717, 1.165) is 17.1 Å². The van der Waals surface area contributed by atoms with Crippen LogP contribution in [0.2, 0.25) is 0 Å². The molecule has 10 nitrogen and oxygen atoms in total. The number of rotatable bonds is 5. The second-order valence-electron chi connectivity index (χ2n) is 6.16. The number of methoxy groups -OCH3 is 1. The average Bonchev–Trinajstić information content (AvgIpc) is 3.26. The highest BCUT2D eigenvalue weighted by molar-refractivity contribution is 6.42. The molecule has 2 N–H and O–H groups in total. The van der Waals surface area contributed by atoms with Crippen LogP contribution in [-0.2, 0) is 14.3 Å². The zero-order chi connectivity index (χ0) is 20.7. The van der Waals surface area contributed by atoms with Crippen LogP contribution in [0.4, 0.5) is 5.95 Å². The molecule has 0 spiro atoms. The molecule has 3 aromatic rings. The van der Waals surface area contributed by atoms with Crippen LogP contribution in [0.5, 0.6) is 5.88 Å². The molecule has 2 aromatic carbocycles. The Bertz CT molecular complexity index is 1240. The summed E-state index contributed by atoms with van der Waals surface area (Å²) < 4.78 is 5.35. The van der Waals surface area contributed by atoms with E-state index >= 15 is 0 Å². The fourth-order valence-electron chi connectivity index (χ4n) is 3.19. The van der Waals surface area contributed by atoms with Crippen molar-refractivity contribution < 1.29 is 24.2 Å². The Morgan fingerprint density at radius 2 is 1.83 bits per heavy atom. The number of carbonyl (C=O) groups excluding carboxylic acids is 3. The van der Waals surface area contributed by atoms with Gasteiger partial charge in [0.2, 0.25) is 5.88 Å². The molecular weight excluding hydrogens is 378 g/mol. The normalized spacial score (nSPS) is 13.3. The molecule has 144 valence electrons. The zero-order valence-corrected chi connectivity index (χ0v) is 15.0. The van der Waals surface area contributed by atoms with Crippen molar-refractivity contribution in [3.8, 4) is 5.88 Å². The van der Waals surface area contributed by atoms with Gasteiger partial charge in [-0.2, -0.15) is 0 Å². The highest BCUT2D eigenvalue weighted by atomic mass is 16.5. The largest absolute Gasteiger partial charge is 0.493 e. The number of azo groups is 1. The van der Waals surface area contributed by atoms with Crippen molar-refractivity contribution in [3.63, 3.8) is 0 Å². The maximum Gasteiger partial charge on any atom is 0.375 e. The van der Waals surface area contributed by atoms with Gasteiger partial charge < -0.3 is 9.84 Å². The molecule has 2 heterocycles. The monoisotopic (exact) mass is 391 g/mol. The molecule has 0 saturated carbocycles.